The van der Waals surface area contributed by atoms with Crippen molar-refractivity contribution in [2.24, 2.45) is 0 Å². The number of nitrogens with one attached hydrogen (secondary N) is 1. The molecular formula is C15H13F2N5O. The predicted molar refractivity (Wildman–Crippen MR) is 79.2 cm³/mol. The van der Waals surface area contributed by atoms with Gasteiger partial charge >= 0.3 is 6.55 Å². The van der Waals surface area contributed by atoms with Gasteiger partial charge in [0.1, 0.15) is 0 Å². The second-order valence-corrected chi connectivity index (χ2v) is 4.80. The number of carbonyl (C=O) groups is 1. The zero-order valence-electron chi connectivity index (χ0n) is 11.9. The molecule has 2 aromatic heterocycles. The smallest absolute Gasteiger partial charge is 0.304 e. The van der Waals surface area contributed by atoms with Gasteiger partial charge in [0.2, 0.25) is 0 Å². The molecule has 0 fully saturated rings. The van der Waals surface area contributed by atoms with E-state index < -0.39 is 12.5 Å². The van der Waals surface area contributed by atoms with E-state index in [0.717, 1.165) is 11.8 Å². The molecule has 0 spiro atoms. The Hall–Kier alpha value is -3.03. The minimum absolute atomic E-state index is 0.0945. The lowest BCUT2D eigenvalue weighted by atomic mass is 10.2. The number of halogens is 2. The van der Waals surface area contributed by atoms with Crippen LogP contribution in [0.3, 0.4) is 0 Å². The highest BCUT2D eigenvalue weighted by Crippen LogP contribution is 2.11. The molecule has 0 saturated carbocycles. The standard InChI is InChI=1S/C15H13F2N5O/c16-15(17)22-9-6-12(19-22)14(23)18-13-7-8-21(20-13)10-11-4-2-1-3-5-11/h1-9,15H,10H2,(H,18,20,23). The molecule has 3 rings (SSSR count). The monoisotopic (exact) mass is 317 g/mol. The summed E-state index contributed by atoms with van der Waals surface area (Å²) in [6.07, 6.45) is 2.77. The molecule has 2 heterocycles. The van der Waals surface area contributed by atoms with Crippen molar-refractivity contribution in [3.05, 3.63) is 66.1 Å². The normalized spacial score (nSPS) is 10.9. The lowest BCUT2D eigenvalue weighted by Gasteiger charge is -2.02. The van der Waals surface area contributed by atoms with E-state index in [2.05, 4.69) is 15.5 Å². The van der Waals surface area contributed by atoms with Crippen LogP contribution in [0.25, 0.3) is 0 Å². The molecule has 0 aliphatic heterocycles. The number of hydrogen-bond acceptors (Lipinski definition) is 3. The molecular weight excluding hydrogens is 304 g/mol. The number of aromatic nitrogens is 4. The average molecular weight is 317 g/mol. The van der Waals surface area contributed by atoms with Gasteiger partial charge < -0.3 is 5.32 Å². The fourth-order valence-electron chi connectivity index (χ4n) is 2.04. The van der Waals surface area contributed by atoms with Gasteiger partial charge in [-0.15, -0.1) is 0 Å². The van der Waals surface area contributed by atoms with Crippen LogP contribution in [0.15, 0.2) is 54.9 Å². The zero-order valence-corrected chi connectivity index (χ0v) is 11.9. The number of hydrogen-bond donors (Lipinski definition) is 1. The SMILES string of the molecule is O=C(Nc1ccn(Cc2ccccc2)n1)c1ccn(C(F)F)n1. The lowest BCUT2D eigenvalue weighted by molar-refractivity contribution is 0.0561. The quantitative estimate of drug-likeness (QED) is 0.787. The Bertz CT molecular complexity index is 797. The van der Waals surface area contributed by atoms with E-state index >= 15 is 0 Å². The Labute approximate surface area is 130 Å². The maximum atomic E-state index is 12.4. The van der Waals surface area contributed by atoms with Crippen LogP contribution in [0.2, 0.25) is 0 Å². The third kappa shape index (κ3) is 3.60. The molecule has 0 unspecified atom stereocenters. The number of rotatable bonds is 5. The van der Waals surface area contributed by atoms with Crippen LogP contribution < -0.4 is 5.32 Å². The summed E-state index contributed by atoms with van der Waals surface area (Å²) in [5.74, 6) is -0.258. The van der Waals surface area contributed by atoms with Gasteiger partial charge in [0.15, 0.2) is 11.5 Å². The average Bonchev–Trinajstić information content (AvgIpc) is 3.18. The van der Waals surface area contributed by atoms with E-state index in [0.29, 0.717) is 17.0 Å². The number of nitrogens with zero attached hydrogens (tertiary/aromatic N) is 4. The summed E-state index contributed by atoms with van der Waals surface area (Å²) in [6, 6.07) is 12.6. The summed E-state index contributed by atoms with van der Waals surface area (Å²) < 4.78 is 27.0. The van der Waals surface area contributed by atoms with E-state index in [1.54, 1.807) is 16.9 Å². The third-order valence-corrected chi connectivity index (χ3v) is 3.11. The molecule has 0 saturated heterocycles. The van der Waals surface area contributed by atoms with Gasteiger partial charge in [-0.05, 0) is 11.6 Å². The van der Waals surface area contributed by atoms with Crippen molar-refractivity contribution in [3.63, 3.8) is 0 Å². The Balaban J connectivity index is 1.65. The molecule has 0 aliphatic carbocycles. The van der Waals surface area contributed by atoms with Gasteiger partial charge in [-0.3, -0.25) is 9.48 Å². The molecule has 6 nitrogen and oxygen atoms in total. The first kappa shape index (κ1) is 14.9. The largest absolute Gasteiger partial charge is 0.333 e. The molecule has 0 radical (unpaired) electrons. The third-order valence-electron chi connectivity index (χ3n) is 3.11. The number of amides is 1. The fourth-order valence-corrected chi connectivity index (χ4v) is 2.04. The summed E-state index contributed by atoms with van der Waals surface area (Å²) in [5, 5.41) is 10.2. The Morgan fingerprint density at radius 1 is 1.09 bits per heavy atom. The highest BCUT2D eigenvalue weighted by atomic mass is 19.3. The molecule has 0 aliphatic rings. The fraction of sp³-hybridized carbons (Fsp3) is 0.133. The molecule has 8 heteroatoms. The maximum absolute atomic E-state index is 12.4. The van der Waals surface area contributed by atoms with Gasteiger partial charge in [0, 0.05) is 18.5 Å². The van der Waals surface area contributed by atoms with Gasteiger partial charge in [-0.1, -0.05) is 30.3 Å². The zero-order chi connectivity index (χ0) is 16.2. The highest BCUT2D eigenvalue weighted by molar-refractivity contribution is 6.02. The van der Waals surface area contributed by atoms with E-state index in [1.807, 2.05) is 30.3 Å². The lowest BCUT2D eigenvalue weighted by Crippen LogP contribution is -2.14. The second-order valence-electron chi connectivity index (χ2n) is 4.80. The number of anilines is 1. The highest BCUT2D eigenvalue weighted by Gasteiger charge is 2.14. The van der Waals surface area contributed by atoms with E-state index in [4.69, 9.17) is 0 Å². The first-order valence-electron chi connectivity index (χ1n) is 6.84. The van der Waals surface area contributed by atoms with Crippen molar-refractivity contribution in [1.29, 1.82) is 0 Å². The van der Waals surface area contributed by atoms with Crippen molar-refractivity contribution in [3.8, 4) is 0 Å². The van der Waals surface area contributed by atoms with E-state index in [1.165, 1.54) is 6.07 Å². The minimum atomic E-state index is -2.78. The van der Waals surface area contributed by atoms with Crippen LogP contribution in [-0.4, -0.2) is 25.5 Å². The molecule has 1 aromatic carbocycles. The molecule has 118 valence electrons. The summed E-state index contributed by atoms with van der Waals surface area (Å²) in [5.41, 5.74) is 0.979. The van der Waals surface area contributed by atoms with Gasteiger partial charge in [0.05, 0.1) is 6.54 Å². The topological polar surface area (TPSA) is 64.7 Å². The summed E-state index contributed by atoms with van der Waals surface area (Å²) in [6.45, 7) is -2.21. The predicted octanol–water partition coefficient (Wildman–Crippen LogP) is 2.78. The van der Waals surface area contributed by atoms with Crippen LogP contribution in [0.1, 0.15) is 22.6 Å². The Kier molecular flexibility index (Phi) is 4.13. The Morgan fingerprint density at radius 2 is 1.87 bits per heavy atom. The van der Waals surface area contributed by atoms with Crippen LogP contribution in [0.4, 0.5) is 14.6 Å². The number of alkyl halides is 2. The van der Waals surface area contributed by atoms with Crippen LogP contribution in [-0.2, 0) is 6.54 Å². The van der Waals surface area contributed by atoms with E-state index in [9.17, 15) is 13.6 Å². The van der Waals surface area contributed by atoms with Gasteiger partial charge in [0.25, 0.3) is 5.91 Å². The molecule has 1 amide bonds. The van der Waals surface area contributed by atoms with Crippen LogP contribution in [0, 0.1) is 0 Å². The molecule has 3 aromatic rings. The molecule has 0 atom stereocenters. The number of benzene rings is 1. The van der Waals surface area contributed by atoms with Crippen molar-refractivity contribution >= 4 is 11.7 Å². The number of carbonyl (C=O) groups excluding carboxylic acids is 1. The second kappa shape index (κ2) is 6.39. The minimum Gasteiger partial charge on any atom is -0.304 e. The molecule has 0 bridgehead atoms. The van der Waals surface area contributed by atoms with E-state index in [-0.39, 0.29) is 5.69 Å². The van der Waals surface area contributed by atoms with Crippen molar-refractivity contribution in [1.82, 2.24) is 19.6 Å². The van der Waals surface area contributed by atoms with Crippen LogP contribution >= 0.6 is 0 Å². The summed E-state index contributed by atoms with van der Waals surface area (Å²) >= 11 is 0. The first-order valence-corrected chi connectivity index (χ1v) is 6.84. The van der Waals surface area contributed by atoms with Crippen molar-refractivity contribution in [2.75, 3.05) is 5.32 Å². The van der Waals surface area contributed by atoms with Gasteiger partial charge in [-0.25, -0.2) is 4.68 Å². The van der Waals surface area contributed by atoms with Crippen molar-refractivity contribution < 1.29 is 13.6 Å². The first-order chi connectivity index (χ1) is 11.1. The van der Waals surface area contributed by atoms with Gasteiger partial charge in [-0.2, -0.15) is 19.0 Å². The van der Waals surface area contributed by atoms with Crippen molar-refractivity contribution in [2.45, 2.75) is 13.1 Å². The molecule has 1 N–H and O–H groups in total. The maximum Gasteiger partial charge on any atom is 0.333 e. The summed E-state index contributed by atoms with van der Waals surface area (Å²) in [7, 11) is 0. The molecule has 23 heavy (non-hydrogen) atoms. The summed E-state index contributed by atoms with van der Waals surface area (Å²) in [4.78, 5) is 11.9. The Morgan fingerprint density at radius 3 is 2.57 bits per heavy atom. The van der Waals surface area contributed by atoms with Crippen LogP contribution in [0.5, 0.6) is 0 Å².